The van der Waals surface area contributed by atoms with Gasteiger partial charge in [-0.1, -0.05) is 23.7 Å². The zero-order valence-corrected chi connectivity index (χ0v) is 15.5. The molecule has 6 heteroatoms. The molecule has 0 saturated carbocycles. The quantitative estimate of drug-likeness (QED) is 0.630. The molecular weight excluding hydrogens is 352 g/mol. The van der Waals surface area contributed by atoms with Gasteiger partial charge in [-0.2, -0.15) is 0 Å². The summed E-state index contributed by atoms with van der Waals surface area (Å²) in [5.74, 6) is 0.499. The molecule has 26 heavy (non-hydrogen) atoms. The Balaban J connectivity index is 1.74. The number of rotatable bonds is 7. The minimum atomic E-state index is -0.136. The fourth-order valence-corrected chi connectivity index (χ4v) is 2.89. The summed E-state index contributed by atoms with van der Waals surface area (Å²) in [4.78, 5) is 12.5. The average Bonchev–Trinajstić information content (AvgIpc) is 2.99. The number of fused-ring (bicyclic) bond motifs is 1. The largest absolute Gasteiger partial charge is 0.489 e. The van der Waals surface area contributed by atoms with Gasteiger partial charge in [0.25, 0.3) is 0 Å². The van der Waals surface area contributed by atoms with E-state index in [-0.39, 0.29) is 12.5 Å². The van der Waals surface area contributed by atoms with E-state index in [1.54, 1.807) is 7.11 Å². The van der Waals surface area contributed by atoms with E-state index in [9.17, 15) is 4.79 Å². The maximum atomic E-state index is 12.5. The van der Waals surface area contributed by atoms with Crippen molar-refractivity contribution in [1.29, 1.82) is 0 Å². The first-order valence-corrected chi connectivity index (χ1v) is 8.71. The number of aromatic nitrogens is 1. The summed E-state index contributed by atoms with van der Waals surface area (Å²) in [6.45, 7) is 3.07. The second kappa shape index (κ2) is 8.25. The SMILES string of the molecule is COCCOc1cc(C)ccc1NC(=O)Cn1ccc2ccc(Cl)cc21. The van der Waals surface area contributed by atoms with Crippen LogP contribution in [0.3, 0.4) is 0 Å². The molecule has 1 aromatic heterocycles. The van der Waals surface area contributed by atoms with Crippen LogP contribution in [-0.4, -0.2) is 30.8 Å². The first kappa shape index (κ1) is 18.3. The molecule has 0 radical (unpaired) electrons. The van der Waals surface area contributed by atoms with Crippen molar-refractivity contribution in [1.82, 2.24) is 4.57 Å². The molecule has 3 rings (SSSR count). The molecule has 0 aliphatic heterocycles. The molecule has 1 heterocycles. The Kier molecular flexibility index (Phi) is 5.81. The lowest BCUT2D eigenvalue weighted by atomic mass is 10.2. The number of nitrogens with zero attached hydrogens (tertiary/aromatic N) is 1. The Morgan fingerprint density at radius 1 is 1.15 bits per heavy atom. The topological polar surface area (TPSA) is 52.5 Å². The molecule has 0 spiro atoms. The molecule has 0 aliphatic carbocycles. The summed E-state index contributed by atoms with van der Waals surface area (Å²) in [6, 6.07) is 13.3. The third kappa shape index (κ3) is 4.36. The van der Waals surface area contributed by atoms with E-state index in [1.807, 2.05) is 60.2 Å². The van der Waals surface area contributed by atoms with Crippen LogP contribution in [0.4, 0.5) is 5.69 Å². The fourth-order valence-electron chi connectivity index (χ4n) is 2.73. The van der Waals surface area contributed by atoms with Crippen LogP contribution in [0.2, 0.25) is 5.02 Å². The van der Waals surface area contributed by atoms with E-state index in [2.05, 4.69) is 5.32 Å². The third-order valence-corrected chi connectivity index (χ3v) is 4.24. The van der Waals surface area contributed by atoms with Gasteiger partial charge in [0, 0.05) is 23.8 Å². The van der Waals surface area contributed by atoms with Crippen LogP contribution in [-0.2, 0) is 16.1 Å². The van der Waals surface area contributed by atoms with Gasteiger partial charge in [-0.25, -0.2) is 0 Å². The van der Waals surface area contributed by atoms with Gasteiger partial charge in [-0.15, -0.1) is 0 Å². The number of carbonyl (C=O) groups is 1. The fraction of sp³-hybridized carbons (Fsp3) is 0.250. The van der Waals surface area contributed by atoms with Crippen molar-refractivity contribution in [2.45, 2.75) is 13.5 Å². The number of aryl methyl sites for hydroxylation is 1. The summed E-state index contributed by atoms with van der Waals surface area (Å²) < 4.78 is 12.6. The average molecular weight is 373 g/mol. The normalized spacial score (nSPS) is 10.9. The van der Waals surface area contributed by atoms with Crippen molar-refractivity contribution in [3.05, 3.63) is 59.2 Å². The maximum absolute atomic E-state index is 12.5. The number of carbonyl (C=O) groups excluding carboxylic acids is 1. The summed E-state index contributed by atoms with van der Waals surface area (Å²) in [7, 11) is 1.62. The van der Waals surface area contributed by atoms with Gasteiger partial charge in [0.2, 0.25) is 5.91 Å². The van der Waals surface area contributed by atoms with Gasteiger partial charge >= 0.3 is 0 Å². The lowest BCUT2D eigenvalue weighted by Gasteiger charge is -2.14. The number of benzene rings is 2. The Hall–Kier alpha value is -2.50. The zero-order chi connectivity index (χ0) is 18.5. The summed E-state index contributed by atoms with van der Waals surface area (Å²) in [5, 5.41) is 4.61. The second-order valence-corrected chi connectivity index (χ2v) is 6.47. The Labute approximate surface area is 157 Å². The highest BCUT2D eigenvalue weighted by Crippen LogP contribution is 2.26. The van der Waals surface area contributed by atoms with Crippen molar-refractivity contribution in [2.24, 2.45) is 0 Å². The molecule has 3 aromatic rings. The van der Waals surface area contributed by atoms with E-state index < -0.39 is 0 Å². The van der Waals surface area contributed by atoms with Crippen molar-refractivity contribution >= 4 is 34.1 Å². The smallest absolute Gasteiger partial charge is 0.244 e. The highest BCUT2D eigenvalue weighted by molar-refractivity contribution is 6.31. The van der Waals surface area contributed by atoms with Gasteiger partial charge in [-0.3, -0.25) is 4.79 Å². The monoisotopic (exact) mass is 372 g/mol. The van der Waals surface area contributed by atoms with Crippen LogP contribution in [0.15, 0.2) is 48.7 Å². The van der Waals surface area contributed by atoms with E-state index in [0.29, 0.717) is 29.7 Å². The predicted octanol–water partition coefficient (Wildman–Crippen LogP) is 4.27. The second-order valence-electron chi connectivity index (χ2n) is 6.04. The number of amides is 1. The third-order valence-electron chi connectivity index (χ3n) is 4.01. The summed E-state index contributed by atoms with van der Waals surface area (Å²) >= 11 is 6.07. The number of anilines is 1. The summed E-state index contributed by atoms with van der Waals surface area (Å²) in [5.41, 5.74) is 2.63. The standard InChI is InChI=1S/C20H21ClN2O3/c1-14-3-6-17(19(11-14)26-10-9-25-2)22-20(24)13-23-8-7-15-4-5-16(21)12-18(15)23/h3-8,11-12H,9-10,13H2,1-2H3,(H,22,24). The minimum Gasteiger partial charge on any atom is -0.489 e. The zero-order valence-electron chi connectivity index (χ0n) is 14.8. The molecule has 0 bridgehead atoms. The van der Waals surface area contributed by atoms with E-state index in [4.69, 9.17) is 21.1 Å². The molecule has 1 N–H and O–H groups in total. The van der Waals surface area contributed by atoms with Gasteiger partial charge in [0.15, 0.2) is 0 Å². The van der Waals surface area contributed by atoms with Crippen molar-refractivity contribution < 1.29 is 14.3 Å². The molecule has 1 amide bonds. The van der Waals surface area contributed by atoms with E-state index >= 15 is 0 Å². The molecule has 2 aromatic carbocycles. The number of hydrogen-bond donors (Lipinski definition) is 1. The molecule has 136 valence electrons. The van der Waals surface area contributed by atoms with Crippen molar-refractivity contribution in [3.63, 3.8) is 0 Å². The Morgan fingerprint density at radius 2 is 2.00 bits per heavy atom. The highest BCUT2D eigenvalue weighted by atomic mass is 35.5. The van der Waals surface area contributed by atoms with Crippen LogP contribution in [0, 0.1) is 6.92 Å². The Morgan fingerprint density at radius 3 is 2.81 bits per heavy atom. The van der Waals surface area contributed by atoms with E-state index in [0.717, 1.165) is 16.5 Å². The van der Waals surface area contributed by atoms with Crippen LogP contribution in [0.1, 0.15) is 5.56 Å². The first-order chi connectivity index (χ1) is 12.6. The number of ether oxygens (including phenoxy) is 2. The van der Waals surface area contributed by atoms with Gasteiger partial charge in [-0.05, 0) is 48.2 Å². The van der Waals surface area contributed by atoms with Crippen molar-refractivity contribution in [2.75, 3.05) is 25.6 Å². The molecule has 0 atom stereocenters. The van der Waals surface area contributed by atoms with Gasteiger partial charge < -0.3 is 19.4 Å². The molecule has 5 nitrogen and oxygen atoms in total. The lowest BCUT2D eigenvalue weighted by molar-refractivity contribution is -0.116. The molecule has 0 aliphatic rings. The van der Waals surface area contributed by atoms with Crippen LogP contribution in [0.5, 0.6) is 5.75 Å². The van der Waals surface area contributed by atoms with Gasteiger partial charge in [0.1, 0.15) is 18.9 Å². The lowest BCUT2D eigenvalue weighted by Crippen LogP contribution is -2.19. The molecule has 0 unspecified atom stereocenters. The van der Waals surface area contributed by atoms with Crippen LogP contribution in [0.25, 0.3) is 10.9 Å². The molecular formula is C20H21ClN2O3. The highest BCUT2D eigenvalue weighted by Gasteiger charge is 2.11. The number of hydrogen-bond acceptors (Lipinski definition) is 3. The Bertz CT molecular complexity index is 921. The van der Waals surface area contributed by atoms with E-state index in [1.165, 1.54) is 0 Å². The molecule has 0 saturated heterocycles. The van der Waals surface area contributed by atoms with Crippen LogP contribution >= 0.6 is 11.6 Å². The van der Waals surface area contributed by atoms with Crippen LogP contribution < -0.4 is 10.1 Å². The van der Waals surface area contributed by atoms with Gasteiger partial charge in [0.05, 0.1) is 12.3 Å². The predicted molar refractivity (Wildman–Crippen MR) is 104 cm³/mol. The number of nitrogens with one attached hydrogen (secondary N) is 1. The molecule has 0 fully saturated rings. The summed E-state index contributed by atoms with van der Waals surface area (Å²) in [6.07, 6.45) is 1.88. The van der Waals surface area contributed by atoms with Crippen molar-refractivity contribution in [3.8, 4) is 5.75 Å². The number of halogens is 1. The minimum absolute atomic E-state index is 0.136. The first-order valence-electron chi connectivity index (χ1n) is 8.33. The number of methoxy groups -OCH3 is 1. The maximum Gasteiger partial charge on any atom is 0.244 e.